The van der Waals surface area contributed by atoms with Gasteiger partial charge in [0.15, 0.2) is 0 Å². The Hall–Kier alpha value is -1.06. The quantitative estimate of drug-likeness (QED) is 0.786. The topological polar surface area (TPSA) is 63.6 Å². The number of carbonyl (C=O) groups excluding carboxylic acids is 1. The van der Waals surface area contributed by atoms with E-state index in [4.69, 9.17) is 9.84 Å². The van der Waals surface area contributed by atoms with E-state index in [9.17, 15) is 9.59 Å². The average molecular weight is 254 g/mol. The van der Waals surface area contributed by atoms with Crippen LogP contribution in [0.4, 0.5) is 0 Å². The van der Waals surface area contributed by atoms with Crippen molar-refractivity contribution in [2.75, 3.05) is 0 Å². The lowest BCUT2D eigenvalue weighted by Gasteiger charge is -2.26. The molecule has 0 aliphatic heterocycles. The first-order chi connectivity index (χ1) is 8.29. The van der Waals surface area contributed by atoms with Crippen LogP contribution in [0.1, 0.15) is 46.5 Å². The predicted octanol–water partition coefficient (Wildman–Crippen LogP) is 2.47. The van der Waals surface area contributed by atoms with Crippen LogP contribution in [0.2, 0.25) is 0 Å². The minimum atomic E-state index is -0.736. The molecule has 0 heterocycles. The van der Waals surface area contributed by atoms with Crippen molar-refractivity contribution in [3.8, 4) is 0 Å². The first-order valence-corrected chi connectivity index (χ1v) is 6.72. The molecule has 4 unspecified atom stereocenters. The number of carboxylic acid groups (broad SMARTS) is 1. The van der Waals surface area contributed by atoms with Crippen LogP contribution >= 0.6 is 0 Å². The normalized spacial score (nSPS) is 34.6. The van der Waals surface area contributed by atoms with Gasteiger partial charge in [-0.1, -0.05) is 0 Å². The summed E-state index contributed by atoms with van der Waals surface area (Å²) in [6.45, 7) is 5.53. The molecule has 1 N–H and O–H groups in total. The molecule has 2 saturated carbocycles. The fraction of sp³-hybridized carbons (Fsp3) is 0.857. The number of esters is 1. The van der Waals surface area contributed by atoms with Gasteiger partial charge in [0.05, 0.1) is 5.41 Å². The highest BCUT2D eigenvalue weighted by Crippen LogP contribution is 2.52. The number of carboxylic acids is 1. The fourth-order valence-electron chi connectivity index (χ4n) is 3.38. The molecule has 4 nitrogen and oxygen atoms in total. The number of fused-ring (bicyclic) bond motifs is 2. The molecule has 0 aromatic rings. The van der Waals surface area contributed by atoms with E-state index >= 15 is 0 Å². The molecule has 0 saturated heterocycles. The van der Waals surface area contributed by atoms with Crippen molar-refractivity contribution in [3.05, 3.63) is 0 Å². The lowest BCUT2D eigenvalue weighted by Crippen LogP contribution is -2.31. The molecule has 18 heavy (non-hydrogen) atoms. The Balaban J connectivity index is 1.98. The van der Waals surface area contributed by atoms with Crippen molar-refractivity contribution < 1.29 is 19.4 Å². The van der Waals surface area contributed by atoms with Crippen LogP contribution in [0.25, 0.3) is 0 Å². The molecule has 0 spiro atoms. The van der Waals surface area contributed by atoms with E-state index in [-0.39, 0.29) is 30.3 Å². The standard InChI is InChI=1S/C14H22O4/c1-14(2,3)13(17)18-11-6-8-4-5-9(11)10(8)7-12(15)16/h8-11H,4-7H2,1-3H3,(H,15,16). The maximum absolute atomic E-state index is 11.9. The largest absolute Gasteiger partial charge is 0.481 e. The molecule has 2 rings (SSSR count). The number of aliphatic carboxylic acids is 1. The number of carbonyl (C=O) groups is 2. The van der Waals surface area contributed by atoms with Crippen LogP contribution in [-0.2, 0) is 14.3 Å². The van der Waals surface area contributed by atoms with Crippen LogP contribution in [0.5, 0.6) is 0 Å². The van der Waals surface area contributed by atoms with E-state index in [1.165, 1.54) is 0 Å². The summed E-state index contributed by atoms with van der Waals surface area (Å²) in [5, 5.41) is 8.93. The van der Waals surface area contributed by atoms with Gasteiger partial charge in [0.25, 0.3) is 0 Å². The van der Waals surface area contributed by atoms with Crippen LogP contribution in [0, 0.1) is 23.2 Å². The van der Waals surface area contributed by atoms with Crippen LogP contribution < -0.4 is 0 Å². The Labute approximate surface area is 108 Å². The van der Waals surface area contributed by atoms with Crippen molar-refractivity contribution in [1.29, 1.82) is 0 Å². The third kappa shape index (κ3) is 2.52. The van der Waals surface area contributed by atoms with Gasteiger partial charge in [-0.05, 0) is 57.8 Å². The van der Waals surface area contributed by atoms with E-state index in [1.54, 1.807) is 0 Å². The van der Waals surface area contributed by atoms with Gasteiger partial charge in [0.1, 0.15) is 6.10 Å². The summed E-state index contributed by atoms with van der Waals surface area (Å²) in [6.07, 6.45) is 3.11. The van der Waals surface area contributed by atoms with Crippen LogP contribution in [0.3, 0.4) is 0 Å². The van der Waals surface area contributed by atoms with E-state index in [0.29, 0.717) is 5.92 Å². The zero-order valence-corrected chi connectivity index (χ0v) is 11.3. The molecule has 4 atom stereocenters. The average Bonchev–Trinajstić information content (AvgIpc) is 2.72. The Morgan fingerprint density at radius 3 is 2.50 bits per heavy atom. The lowest BCUT2D eigenvalue weighted by molar-refractivity contribution is -0.161. The zero-order valence-electron chi connectivity index (χ0n) is 11.3. The number of ether oxygens (including phenoxy) is 1. The van der Waals surface area contributed by atoms with Crippen LogP contribution in [0.15, 0.2) is 0 Å². The molecule has 2 aliphatic carbocycles. The Bertz CT molecular complexity index is 355. The van der Waals surface area contributed by atoms with Gasteiger partial charge >= 0.3 is 11.9 Å². The fourth-order valence-corrected chi connectivity index (χ4v) is 3.38. The Morgan fingerprint density at radius 1 is 1.28 bits per heavy atom. The summed E-state index contributed by atoms with van der Waals surface area (Å²) in [6, 6.07) is 0. The van der Waals surface area contributed by atoms with E-state index in [1.807, 2.05) is 20.8 Å². The van der Waals surface area contributed by atoms with Gasteiger partial charge in [-0.15, -0.1) is 0 Å². The minimum Gasteiger partial charge on any atom is -0.481 e. The lowest BCUT2D eigenvalue weighted by atomic mass is 9.93. The molecular weight excluding hydrogens is 232 g/mol. The SMILES string of the molecule is CC(C)(C)C(=O)OC1CC2CCC1C2CC(=O)O. The molecule has 2 bridgehead atoms. The second-order valence-corrected chi connectivity index (χ2v) is 6.69. The number of rotatable bonds is 3. The van der Waals surface area contributed by atoms with Gasteiger partial charge in [-0.2, -0.15) is 0 Å². The van der Waals surface area contributed by atoms with E-state index in [2.05, 4.69) is 0 Å². The third-order valence-electron chi connectivity index (χ3n) is 4.32. The van der Waals surface area contributed by atoms with Gasteiger partial charge in [-0.3, -0.25) is 9.59 Å². The van der Waals surface area contributed by atoms with Gasteiger partial charge in [0.2, 0.25) is 0 Å². The van der Waals surface area contributed by atoms with E-state index < -0.39 is 11.4 Å². The molecule has 2 fully saturated rings. The van der Waals surface area contributed by atoms with E-state index in [0.717, 1.165) is 19.3 Å². The second-order valence-electron chi connectivity index (χ2n) is 6.69. The molecule has 0 aromatic heterocycles. The van der Waals surface area contributed by atoms with Crippen molar-refractivity contribution in [1.82, 2.24) is 0 Å². The molecule has 2 aliphatic rings. The second kappa shape index (κ2) is 4.56. The highest BCUT2D eigenvalue weighted by atomic mass is 16.5. The maximum atomic E-state index is 11.9. The van der Waals surface area contributed by atoms with Crippen molar-refractivity contribution >= 4 is 11.9 Å². The monoisotopic (exact) mass is 254 g/mol. The number of hydrogen-bond acceptors (Lipinski definition) is 3. The summed E-state index contributed by atoms with van der Waals surface area (Å²) in [4.78, 5) is 22.7. The summed E-state index contributed by atoms with van der Waals surface area (Å²) in [7, 11) is 0. The Kier molecular flexibility index (Phi) is 3.39. The zero-order chi connectivity index (χ0) is 13.5. The summed E-state index contributed by atoms with van der Waals surface area (Å²) in [5.74, 6) is -0.00430. The molecule has 0 amide bonds. The molecule has 4 heteroatoms. The predicted molar refractivity (Wildman–Crippen MR) is 65.9 cm³/mol. The minimum absolute atomic E-state index is 0.0557. The summed E-state index contributed by atoms with van der Waals surface area (Å²) in [5.41, 5.74) is -0.482. The summed E-state index contributed by atoms with van der Waals surface area (Å²) >= 11 is 0. The van der Waals surface area contributed by atoms with Gasteiger partial charge in [-0.25, -0.2) is 0 Å². The molecule has 0 aromatic carbocycles. The Morgan fingerprint density at radius 2 is 1.94 bits per heavy atom. The van der Waals surface area contributed by atoms with Crippen molar-refractivity contribution in [2.45, 2.75) is 52.6 Å². The highest BCUT2D eigenvalue weighted by Gasteiger charge is 2.50. The van der Waals surface area contributed by atoms with Gasteiger partial charge < -0.3 is 9.84 Å². The molecule has 102 valence electrons. The van der Waals surface area contributed by atoms with Crippen molar-refractivity contribution in [2.24, 2.45) is 23.2 Å². The first kappa shape index (κ1) is 13.4. The highest BCUT2D eigenvalue weighted by molar-refractivity contribution is 5.75. The first-order valence-electron chi connectivity index (χ1n) is 6.72. The smallest absolute Gasteiger partial charge is 0.311 e. The third-order valence-corrected chi connectivity index (χ3v) is 4.32. The maximum Gasteiger partial charge on any atom is 0.311 e. The summed E-state index contributed by atoms with van der Waals surface area (Å²) < 4.78 is 5.59. The van der Waals surface area contributed by atoms with Crippen molar-refractivity contribution in [3.63, 3.8) is 0 Å². The molecule has 0 radical (unpaired) electrons. The van der Waals surface area contributed by atoms with Gasteiger partial charge in [0, 0.05) is 6.42 Å². The van der Waals surface area contributed by atoms with Crippen LogP contribution in [-0.4, -0.2) is 23.1 Å². The number of hydrogen-bond donors (Lipinski definition) is 1. The molecular formula is C14H22O4.